The Labute approximate surface area is 113 Å². The molecular formula is C18H14N. The van der Waals surface area contributed by atoms with E-state index in [4.69, 9.17) is 0 Å². The van der Waals surface area contributed by atoms with E-state index in [1.165, 1.54) is 5.39 Å². The van der Waals surface area contributed by atoms with Gasteiger partial charge in [0.15, 0.2) is 0 Å². The molecule has 0 N–H and O–H groups in total. The van der Waals surface area contributed by atoms with Crippen LogP contribution in [0.5, 0.6) is 0 Å². The molecule has 1 aromatic heterocycles. The largest absolute Gasteiger partial charge is 0.248 e. The molecule has 0 bridgehead atoms. The van der Waals surface area contributed by atoms with Gasteiger partial charge in [-0.05, 0) is 36.3 Å². The second kappa shape index (κ2) is 5.07. The highest BCUT2D eigenvalue weighted by Gasteiger charge is 1.94. The molecule has 19 heavy (non-hydrogen) atoms. The van der Waals surface area contributed by atoms with Crippen LogP contribution in [0.1, 0.15) is 16.8 Å². The van der Waals surface area contributed by atoms with E-state index in [1.54, 1.807) is 0 Å². The number of hydrogen-bond donors (Lipinski definition) is 0. The van der Waals surface area contributed by atoms with E-state index in [0.717, 1.165) is 22.3 Å². The number of benzene rings is 2. The zero-order valence-electron chi connectivity index (χ0n) is 10.6. The summed E-state index contributed by atoms with van der Waals surface area (Å²) in [5, 5.41) is 1.17. The summed E-state index contributed by atoms with van der Waals surface area (Å²) in [5.41, 5.74) is 4.18. The van der Waals surface area contributed by atoms with Crippen molar-refractivity contribution in [2.45, 2.75) is 0 Å². The topological polar surface area (TPSA) is 12.9 Å². The Morgan fingerprint density at radius 2 is 1.58 bits per heavy atom. The summed E-state index contributed by atoms with van der Waals surface area (Å²) in [4.78, 5) is 4.61. The van der Waals surface area contributed by atoms with E-state index < -0.39 is 0 Å². The second-order valence-corrected chi connectivity index (χ2v) is 4.50. The maximum absolute atomic E-state index is 4.61. The molecule has 2 aromatic carbocycles. The highest BCUT2D eigenvalue weighted by Crippen LogP contribution is 2.14. The van der Waals surface area contributed by atoms with Gasteiger partial charge < -0.3 is 0 Å². The van der Waals surface area contributed by atoms with Gasteiger partial charge in [-0.15, -0.1) is 0 Å². The number of aromatic nitrogens is 1. The summed E-state index contributed by atoms with van der Waals surface area (Å²) in [5.74, 6) is 0. The molecule has 0 aliphatic heterocycles. The third kappa shape index (κ3) is 2.71. The van der Waals surface area contributed by atoms with Crippen LogP contribution < -0.4 is 0 Å². The van der Waals surface area contributed by atoms with Crippen LogP contribution in [-0.4, -0.2) is 4.98 Å². The Hall–Kier alpha value is -2.41. The van der Waals surface area contributed by atoms with Crippen molar-refractivity contribution in [2.75, 3.05) is 0 Å². The van der Waals surface area contributed by atoms with Gasteiger partial charge in [-0.25, -0.2) is 4.98 Å². The SMILES string of the molecule is [CH2]c1ccc(/C=C/c2ccc3ccccc3n2)cc1. The maximum Gasteiger partial charge on any atom is 0.0709 e. The van der Waals surface area contributed by atoms with Gasteiger partial charge in [0.1, 0.15) is 0 Å². The minimum atomic E-state index is 0.970. The molecule has 0 aliphatic rings. The van der Waals surface area contributed by atoms with E-state index in [0.29, 0.717) is 0 Å². The fraction of sp³-hybridized carbons (Fsp3) is 0. The summed E-state index contributed by atoms with van der Waals surface area (Å²) in [6.45, 7) is 3.88. The van der Waals surface area contributed by atoms with Gasteiger partial charge in [-0.3, -0.25) is 0 Å². The lowest BCUT2D eigenvalue weighted by Crippen LogP contribution is -1.82. The minimum Gasteiger partial charge on any atom is -0.248 e. The lowest BCUT2D eigenvalue weighted by atomic mass is 10.1. The molecule has 0 fully saturated rings. The zero-order chi connectivity index (χ0) is 13.1. The van der Waals surface area contributed by atoms with Gasteiger partial charge in [-0.2, -0.15) is 0 Å². The van der Waals surface area contributed by atoms with E-state index in [1.807, 2.05) is 42.5 Å². The average Bonchev–Trinajstić information content (AvgIpc) is 2.46. The smallest absolute Gasteiger partial charge is 0.0709 e. The van der Waals surface area contributed by atoms with Crippen LogP contribution in [0.25, 0.3) is 23.1 Å². The molecule has 0 atom stereocenters. The predicted octanol–water partition coefficient (Wildman–Crippen LogP) is 4.59. The lowest BCUT2D eigenvalue weighted by Gasteiger charge is -1.99. The van der Waals surface area contributed by atoms with Crippen molar-refractivity contribution in [3.05, 3.63) is 84.4 Å². The van der Waals surface area contributed by atoms with Crippen LogP contribution in [0.4, 0.5) is 0 Å². The van der Waals surface area contributed by atoms with E-state index in [2.05, 4.69) is 42.2 Å². The van der Waals surface area contributed by atoms with Crippen molar-refractivity contribution in [1.82, 2.24) is 4.98 Å². The van der Waals surface area contributed by atoms with Gasteiger partial charge in [-0.1, -0.05) is 54.6 Å². The molecule has 0 aliphatic carbocycles. The van der Waals surface area contributed by atoms with Crippen molar-refractivity contribution in [2.24, 2.45) is 0 Å². The molecule has 0 amide bonds. The van der Waals surface area contributed by atoms with Crippen LogP contribution in [0, 0.1) is 6.92 Å². The fourth-order valence-electron chi connectivity index (χ4n) is 1.98. The van der Waals surface area contributed by atoms with Crippen LogP contribution in [0.3, 0.4) is 0 Å². The number of fused-ring (bicyclic) bond motifs is 1. The molecule has 1 nitrogen and oxygen atoms in total. The highest BCUT2D eigenvalue weighted by atomic mass is 14.7. The van der Waals surface area contributed by atoms with Gasteiger partial charge in [0.2, 0.25) is 0 Å². The van der Waals surface area contributed by atoms with Gasteiger partial charge >= 0.3 is 0 Å². The highest BCUT2D eigenvalue weighted by molar-refractivity contribution is 5.80. The first-order valence-corrected chi connectivity index (χ1v) is 6.27. The van der Waals surface area contributed by atoms with Gasteiger partial charge in [0.25, 0.3) is 0 Å². The Morgan fingerprint density at radius 1 is 0.789 bits per heavy atom. The van der Waals surface area contributed by atoms with Crippen LogP contribution in [-0.2, 0) is 0 Å². The Balaban J connectivity index is 1.90. The Kier molecular flexibility index (Phi) is 3.11. The molecule has 0 unspecified atom stereocenters. The van der Waals surface area contributed by atoms with E-state index in [-0.39, 0.29) is 0 Å². The summed E-state index contributed by atoms with van der Waals surface area (Å²) in [6, 6.07) is 20.4. The third-order valence-corrected chi connectivity index (χ3v) is 3.05. The maximum atomic E-state index is 4.61. The molecule has 0 saturated heterocycles. The second-order valence-electron chi connectivity index (χ2n) is 4.50. The fourth-order valence-corrected chi connectivity index (χ4v) is 1.98. The first-order valence-electron chi connectivity index (χ1n) is 6.27. The normalized spacial score (nSPS) is 11.2. The van der Waals surface area contributed by atoms with Crippen molar-refractivity contribution in [3.63, 3.8) is 0 Å². The number of rotatable bonds is 2. The molecule has 0 saturated carbocycles. The standard InChI is InChI=1S/C18H14N/c1-14-6-8-15(9-7-14)10-12-17-13-11-16-4-2-3-5-18(16)19-17/h2-13H,1H2/b12-10+. The molecule has 1 radical (unpaired) electrons. The Bertz CT molecular complexity index is 724. The van der Waals surface area contributed by atoms with Crippen molar-refractivity contribution in [1.29, 1.82) is 0 Å². The van der Waals surface area contributed by atoms with Crippen LogP contribution in [0.2, 0.25) is 0 Å². The number of para-hydroxylation sites is 1. The summed E-state index contributed by atoms with van der Waals surface area (Å²) in [6.07, 6.45) is 4.10. The monoisotopic (exact) mass is 244 g/mol. The third-order valence-electron chi connectivity index (χ3n) is 3.05. The van der Waals surface area contributed by atoms with Crippen molar-refractivity contribution >= 4 is 23.1 Å². The van der Waals surface area contributed by atoms with Crippen molar-refractivity contribution in [3.8, 4) is 0 Å². The van der Waals surface area contributed by atoms with E-state index in [9.17, 15) is 0 Å². The molecule has 1 heterocycles. The first-order chi connectivity index (χ1) is 9.31. The molecule has 1 heteroatoms. The summed E-state index contributed by atoms with van der Waals surface area (Å²) >= 11 is 0. The van der Waals surface area contributed by atoms with Crippen LogP contribution >= 0.6 is 0 Å². The van der Waals surface area contributed by atoms with E-state index >= 15 is 0 Å². The summed E-state index contributed by atoms with van der Waals surface area (Å²) in [7, 11) is 0. The first kappa shape index (κ1) is 11.7. The molecule has 3 rings (SSSR count). The Morgan fingerprint density at radius 3 is 2.42 bits per heavy atom. The summed E-state index contributed by atoms with van der Waals surface area (Å²) < 4.78 is 0. The molecular weight excluding hydrogens is 230 g/mol. The van der Waals surface area contributed by atoms with Crippen molar-refractivity contribution < 1.29 is 0 Å². The van der Waals surface area contributed by atoms with Crippen LogP contribution in [0.15, 0.2) is 60.7 Å². The quantitative estimate of drug-likeness (QED) is 0.642. The minimum absolute atomic E-state index is 0.970. The van der Waals surface area contributed by atoms with Gasteiger partial charge in [0.05, 0.1) is 11.2 Å². The predicted molar refractivity (Wildman–Crippen MR) is 81.6 cm³/mol. The average molecular weight is 244 g/mol. The van der Waals surface area contributed by atoms with Gasteiger partial charge in [0, 0.05) is 5.39 Å². The molecule has 0 spiro atoms. The number of hydrogen-bond acceptors (Lipinski definition) is 1. The zero-order valence-corrected chi connectivity index (χ0v) is 10.6. The molecule has 91 valence electrons. The number of nitrogens with zero attached hydrogens (tertiary/aromatic N) is 1. The lowest BCUT2D eigenvalue weighted by molar-refractivity contribution is 1.37. The number of pyridine rings is 1. The molecule has 3 aromatic rings.